The maximum absolute atomic E-state index is 10.9. The number of nitrogens with one attached hydrogen (secondary N) is 1. The summed E-state index contributed by atoms with van der Waals surface area (Å²) in [6, 6.07) is 16.3. The molecule has 1 heterocycles. The molecule has 29 heavy (non-hydrogen) atoms. The molecule has 1 fully saturated rings. The number of carbonyl (C=O) groups is 1. The van der Waals surface area contributed by atoms with Gasteiger partial charge in [0.2, 0.25) is 5.82 Å². The second-order valence-corrected chi connectivity index (χ2v) is 8.14. The number of aromatic nitrogens is 2. The molecule has 0 bridgehead atoms. The van der Waals surface area contributed by atoms with E-state index in [4.69, 9.17) is 9.63 Å². The zero-order chi connectivity index (χ0) is 20.4. The van der Waals surface area contributed by atoms with Gasteiger partial charge in [0.1, 0.15) is 0 Å². The lowest BCUT2D eigenvalue weighted by atomic mass is 9.80. The van der Waals surface area contributed by atoms with E-state index in [1.165, 1.54) is 5.56 Å². The Labute approximate surface area is 170 Å². The molecule has 1 aliphatic rings. The zero-order valence-electron chi connectivity index (χ0n) is 16.6. The van der Waals surface area contributed by atoms with Crippen molar-refractivity contribution in [2.75, 3.05) is 5.32 Å². The van der Waals surface area contributed by atoms with Crippen LogP contribution in [0.4, 0.5) is 5.69 Å². The lowest BCUT2D eigenvalue weighted by Crippen LogP contribution is -2.39. The Bertz CT molecular complexity index is 971. The van der Waals surface area contributed by atoms with E-state index in [-0.39, 0.29) is 12.0 Å². The van der Waals surface area contributed by atoms with Crippen LogP contribution in [0, 0.1) is 11.8 Å². The molecule has 6 nitrogen and oxygen atoms in total. The highest BCUT2D eigenvalue weighted by atomic mass is 16.5. The van der Waals surface area contributed by atoms with E-state index in [2.05, 4.69) is 41.4 Å². The minimum atomic E-state index is -0.708. The average molecular weight is 391 g/mol. The third-order valence-electron chi connectivity index (χ3n) is 5.27. The van der Waals surface area contributed by atoms with Crippen LogP contribution in [0.2, 0.25) is 0 Å². The molecule has 0 radical (unpaired) electrons. The van der Waals surface area contributed by atoms with Crippen LogP contribution in [0.25, 0.3) is 22.8 Å². The van der Waals surface area contributed by atoms with Crippen LogP contribution in [-0.4, -0.2) is 27.3 Å². The fourth-order valence-corrected chi connectivity index (χ4v) is 3.60. The predicted molar refractivity (Wildman–Crippen MR) is 111 cm³/mol. The van der Waals surface area contributed by atoms with Gasteiger partial charge in [-0.2, -0.15) is 4.98 Å². The van der Waals surface area contributed by atoms with Crippen LogP contribution in [0.5, 0.6) is 0 Å². The summed E-state index contributed by atoms with van der Waals surface area (Å²) in [7, 11) is 0. The van der Waals surface area contributed by atoms with E-state index in [1.807, 2.05) is 36.4 Å². The average Bonchev–Trinajstić information content (AvgIpc) is 3.15. The highest BCUT2D eigenvalue weighted by molar-refractivity contribution is 5.72. The van der Waals surface area contributed by atoms with Crippen molar-refractivity contribution in [3.05, 3.63) is 54.1 Å². The normalized spacial score (nSPS) is 18.4. The molecule has 4 rings (SSSR count). The molecule has 0 saturated heterocycles. The van der Waals surface area contributed by atoms with Crippen molar-refractivity contribution in [1.82, 2.24) is 10.1 Å². The van der Waals surface area contributed by atoms with Gasteiger partial charge in [-0.1, -0.05) is 31.1 Å². The third-order valence-corrected chi connectivity index (χ3v) is 5.27. The number of hydrogen-bond acceptors (Lipinski definition) is 5. The third kappa shape index (κ3) is 4.47. The van der Waals surface area contributed by atoms with Crippen LogP contribution in [0.1, 0.15) is 32.3 Å². The lowest BCUT2D eigenvalue weighted by Gasteiger charge is -2.33. The largest absolute Gasteiger partial charge is 0.481 e. The number of hydrogen-bond donors (Lipinski definition) is 2. The van der Waals surface area contributed by atoms with E-state index >= 15 is 0 Å². The Morgan fingerprint density at radius 3 is 2.38 bits per heavy atom. The van der Waals surface area contributed by atoms with Crippen LogP contribution in [-0.2, 0) is 11.2 Å². The van der Waals surface area contributed by atoms with Gasteiger partial charge in [0.25, 0.3) is 5.89 Å². The van der Waals surface area contributed by atoms with E-state index in [0.717, 1.165) is 23.2 Å². The molecule has 0 unspecified atom stereocenters. The van der Waals surface area contributed by atoms with E-state index in [0.29, 0.717) is 30.5 Å². The molecule has 3 aromatic rings. The second kappa shape index (κ2) is 8.07. The Hall–Kier alpha value is -3.15. The maximum atomic E-state index is 10.9. The summed E-state index contributed by atoms with van der Waals surface area (Å²) in [5.41, 5.74) is 4.05. The minimum Gasteiger partial charge on any atom is -0.481 e. The maximum Gasteiger partial charge on any atom is 0.306 e. The summed E-state index contributed by atoms with van der Waals surface area (Å²) >= 11 is 0. The predicted octanol–water partition coefficient (Wildman–Crippen LogP) is 4.88. The molecule has 2 N–H and O–H groups in total. The molecule has 1 aromatic heterocycles. The van der Waals surface area contributed by atoms with Crippen LogP contribution in [0.3, 0.4) is 0 Å². The Balaban J connectivity index is 1.39. The molecule has 0 aliphatic heterocycles. The first-order valence-corrected chi connectivity index (χ1v) is 10.0. The number of aliphatic carboxylic acids is 1. The molecule has 1 aliphatic carbocycles. The van der Waals surface area contributed by atoms with Gasteiger partial charge in [-0.05, 0) is 67.1 Å². The number of benzene rings is 2. The van der Waals surface area contributed by atoms with Crippen LogP contribution in [0.15, 0.2) is 53.1 Å². The van der Waals surface area contributed by atoms with Gasteiger partial charge in [-0.15, -0.1) is 0 Å². The molecule has 0 spiro atoms. The summed E-state index contributed by atoms with van der Waals surface area (Å²) in [6.45, 7) is 4.41. The van der Waals surface area contributed by atoms with Crippen LogP contribution >= 0.6 is 0 Å². The zero-order valence-corrected chi connectivity index (χ0v) is 16.6. The van der Waals surface area contributed by atoms with Crippen molar-refractivity contribution in [2.24, 2.45) is 11.8 Å². The number of nitrogens with zero attached hydrogens (tertiary/aromatic N) is 2. The minimum absolute atomic E-state index is 0.219. The van der Waals surface area contributed by atoms with Crippen molar-refractivity contribution in [3.8, 4) is 22.8 Å². The van der Waals surface area contributed by atoms with Crippen molar-refractivity contribution >= 4 is 11.7 Å². The Kier molecular flexibility index (Phi) is 5.34. The standard InChI is InChI=1S/C23H25N3O3/c1-14(2)11-15-3-5-17(6-4-15)22-25-21(26-29-22)16-7-9-19(10-8-16)24-20-12-18(13-20)23(27)28/h3-10,14,18,20,24H,11-13H2,1-2H3,(H,27,28). The van der Waals surface area contributed by atoms with Gasteiger partial charge in [-0.25, -0.2) is 0 Å². The van der Waals surface area contributed by atoms with Crippen molar-refractivity contribution in [1.29, 1.82) is 0 Å². The molecule has 2 aromatic carbocycles. The first-order chi connectivity index (χ1) is 14.0. The summed E-state index contributed by atoms with van der Waals surface area (Å²) in [4.78, 5) is 15.4. The van der Waals surface area contributed by atoms with Gasteiger partial charge in [0, 0.05) is 22.9 Å². The van der Waals surface area contributed by atoms with Crippen molar-refractivity contribution < 1.29 is 14.4 Å². The first kappa shape index (κ1) is 19.2. The lowest BCUT2D eigenvalue weighted by molar-refractivity contribution is -0.144. The Morgan fingerprint density at radius 1 is 1.10 bits per heavy atom. The second-order valence-electron chi connectivity index (χ2n) is 8.14. The fourth-order valence-electron chi connectivity index (χ4n) is 3.60. The van der Waals surface area contributed by atoms with Crippen molar-refractivity contribution in [2.45, 2.75) is 39.2 Å². The molecule has 0 atom stereocenters. The molecule has 1 saturated carbocycles. The molecular formula is C23H25N3O3. The summed E-state index contributed by atoms with van der Waals surface area (Å²) in [5, 5.41) is 16.4. The van der Waals surface area contributed by atoms with Gasteiger partial charge in [0.15, 0.2) is 0 Å². The molecule has 150 valence electrons. The van der Waals surface area contributed by atoms with E-state index in [9.17, 15) is 4.79 Å². The van der Waals surface area contributed by atoms with Crippen LogP contribution < -0.4 is 5.32 Å². The Morgan fingerprint density at radius 2 is 1.76 bits per heavy atom. The molecule has 0 amide bonds. The smallest absolute Gasteiger partial charge is 0.306 e. The summed E-state index contributed by atoms with van der Waals surface area (Å²) in [6.07, 6.45) is 2.38. The van der Waals surface area contributed by atoms with Gasteiger partial charge in [-0.3, -0.25) is 4.79 Å². The topological polar surface area (TPSA) is 88.2 Å². The monoisotopic (exact) mass is 391 g/mol. The molecule has 6 heteroatoms. The molecular weight excluding hydrogens is 366 g/mol. The number of carboxylic acids is 1. The fraction of sp³-hybridized carbons (Fsp3) is 0.348. The van der Waals surface area contributed by atoms with Gasteiger partial charge >= 0.3 is 5.97 Å². The number of rotatable bonds is 7. The summed E-state index contributed by atoms with van der Waals surface area (Å²) < 4.78 is 5.45. The number of carboxylic acid groups (broad SMARTS) is 1. The number of anilines is 1. The highest BCUT2D eigenvalue weighted by Crippen LogP contribution is 2.31. The SMILES string of the molecule is CC(C)Cc1ccc(-c2nc(-c3ccc(NC4CC(C(=O)O)C4)cc3)no2)cc1. The highest BCUT2D eigenvalue weighted by Gasteiger charge is 2.34. The van der Waals surface area contributed by atoms with Crippen molar-refractivity contribution in [3.63, 3.8) is 0 Å². The quantitative estimate of drug-likeness (QED) is 0.597. The van der Waals surface area contributed by atoms with Gasteiger partial charge < -0.3 is 14.9 Å². The summed E-state index contributed by atoms with van der Waals surface area (Å²) in [5.74, 6) is 0.751. The van der Waals surface area contributed by atoms with Gasteiger partial charge in [0.05, 0.1) is 5.92 Å². The first-order valence-electron chi connectivity index (χ1n) is 10.0. The van der Waals surface area contributed by atoms with E-state index < -0.39 is 5.97 Å². The van der Waals surface area contributed by atoms with E-state index in [1.54, 1.807) is 0 Å².